The van der Waals surface area contributed by atoms with Crippen LogP contribution in [0.15, 0.2) is 65.8 Å². The van der Waals surface area contributed by atoms with Crippen LogP contribution in [0.4, 0.5) is 24.7 Å². The fraction of sp³-hybridized carbons (Fsp3) is 0.286. The first-order valence-corrected chi connectivity index (χ1v) is 12.9. The molecule has 1 saturated carbocycles. The van der Waals surface area contributed by atoms with E-state index >= 15 is 0 Å². The van der Waals surface area contributed by atoms with Crippen LogP contribution >= 0.6 is 0 Å². The minimum absolute atomic E-state index is 0.206. The van der Waals surface area contributed by atoms with E-state index in [1.807, 2.05) is 4.90 Å². The number of fused-ring (bicyclic) bond motifs is 1. The standard InChI is InChI=1S/C28H25F3N6O4/c29-28(30,31)41-23-5-3-19(14-22(23)35-26(39)27(7-8-27)36-9-11-40-12-10-36)37-16-34-21-13-17(1-4-20(21)25(37)38)18-2-6-24(32)33-15-18/h1-6,13-16H,7-12H2,(H2,32,33)(H,35,39). The first-order chi connectivity index (χ1) is 19.6. The molecule has 0 unspecified atom stereocenters. The molecule has 2 fully saturated rings. The average Bonchev–Trinajstić information content (AvgIpc) is 3.77. The van der Waals surface area contributed by atoms with Gasteiger partial charge in [-0.15, -0.1) is 13.2 Å². The summed E-state index contributed by atoms with van der Waals surface area (Å²) in [6.07, 6.45) is -0.922. The van der Waals surface area contributed by atoms with Crippen molar-refractivity contribution < 1.29 is 27.4 Å². The number of carbonyl (C=O) groups excluding carboxylic acids is 1. The van der Waals surface area contributed by atoms with Gasteiger partial charge in [-0.2, -0.15) is 0 Å². The summed E-state index contributed by atoms with van der Waals surface area (Å²) in [6, 6.07) is 12.2. The van der Waals surface area contributed by atoms with E-state index in [4.69, 9.17) is 10.5 Å². The van der Waals surface area contributed by atoms with Gasteiger partial charge < -0.3 is 20.5 Å². The second kappa shape index (κ2) is 10.2. The van der Waals surface area contributed by atoms with Crippen LogP contribution in [0.2, 0.25) is 0 Å². The van der Waals surface area contributed by atoms with Gasteiger partial charge >= 0.3 is 6.36 Å². The number of hydrogen-bond acceptors (Lipinski definition) is 8. The second-order valence-corrected chi connectivity index (χ2v) is 9.94. The Balaban J connectivity index is 1.34. The van der Waals surface area contributed by atoms with E-state index in [0.717, 1.165) is 17.2 Å². The monoisotopic (exact) mass is 566 g/mol. The molecule has 1 saturated heterocycles. The largest absolute Gasteiger partial charge is 0.573 e. The lowest BCUT2D eigenvalue weighted by molar-refractivity contribution is -0.274. The number of aromatic nitrogens is 3. The first kappa shape index (κ1) is 26.7. The zero-order valence-corrected chi connectivity index (χ0v) is 21.6. The number of benzene rings is 2. The number of nitrogen functional groups attached to an aromatic ring is 1. The molecule has 1 amide bonds. The number of carbonyl (C=O) groups is 1. The lowest BCUT2D eigenvalue weighted by Gasteiger charge is -2.34. The van der Waals surface area contributed by atoms with Gasteiger partial charge in [0.15, 0.2) is 5.75 Å². The van der Waals surface area contributed by atoms with Crippen LogP contribution in [0.3, 0.4) is 0 Å². The smallest absolute Gasteiger partial charge is 0.404 e. The third kappa shape index (κ3) is 5.33. The van der Waals surface area contributed by atoms with Crippen LogP contribution in [-0.4, -0.2) is 63.5 Å². The number of morpholine rings is 1. The van der Waals surface area contributed by atoms with Crippen LogP contribution < -0.4 is 21.3 Å². The highest BCUT2D eigenvalue weighted by Crippen LogP contribution is 2.44. The number of nitrogens with zero attached hydrogens (tertiary/aromatic N) is 4. The highest BCUT2D eigenvalue weighted by Gasteiger charge is 2.54. The van der Waals surface area contributed by atoms with Crippen LogP contribution in [-0.2, 0) is 9.53 Å². The van der Waals surface area contributed by atoms with Crippen molar-refractivity contribution in [2.24, 2.45) is 0 Å². The highest BCUT2D eigenvalue weighted by molar-refractivity contribution is 6.01. The van der Waals surface area contributed by atoms with Crippen molar-refractivity contribution in [1.29, 1.82) is 0 Å². The molecule has 2 aliphatic rings. The molecule has 1 aliphatic carbocycles. The Hall–Kier alpha value is -4.49. The Morgan fingerprint density at radius 2 is 1.78 bits per heavy atom. The van der Waals surface area contributed by atoms with E-state index < -0.39 is 29.1 Å². The molecule has 41 heavy (non-hydrogen) atoms. The topological polar surface area (TPSA) is 125 Å². The van der Waals surface area contributed by atoms with Crippen molar-refractivity contribution in [3.8, 4) is 22.6 Å². The summed E-state index contributed by atoms with van der Waals surface area (Å²) in [6.45, 7) is 2.05. The number of rotatable bonds is 6. The molecule has 3 N–H and O–H groups in total. The van der Waals surface area contributed by atoms with Crippen molar-refractivity contribution in [2.75, 3.05) is 37.4 Å². The minimum atomic E-state index is -4.98. The summed E-state index contributed by atoms with van der Waals surface area (Å²) in [5, 5.41) is 2.93. The van der Waals surface area contributed by atoms with Gasteiger partial charge in [0.2, 0.25) is 5.91 Å². The lowest BCUT2D eigenvalue weighted by Crippen LogP contribution is -2.51. The molecule has 0 atom stereocenters. The fourth-order valence-electron chi connectivity index (χ4n) is 5.08. The number of hydrogen-bond donors (Lipinski definition) is 2. The van der Waals surface area contributed by atoms with Crippen LogP contribution in [0.25, 0.3) is 27.7 Å². The molecule has 3 heterocycles. The van der Waals surface area contributed by atoms with E-state index in [1.54, 1.807) is 36.5 Å². The maximum atomic E-state index is 13.4. The Labute approximate surface area is 231 Å². The summed E-state index contributed by atoms with van der Waals surface area (Å²) >= 11 is 0. The van der Waals surface area contributed by atoms with E-state index in [1.165, 1.54) is 23.0 Å². The van der Waals surface area contributed by atoms with Gasteiger partial charge in [-0.25, -0.2) is 9.97 Å². The second-order valence-electron chi connectivity index (χ2n) is 9.94. The molecule has 2 aromatic heterocycles. The SMILES string of the molecule is Nc1ccc(-c2ccc3c(=O)n(-c4ccc(OC(F)(F)F)c(NC(=O)C5(N6CCOCC6)CC5)c4)cnc3c2)cn1. The molecule has 10 nitrogen and oxygen atoms in total. The van der Waals surface area contributed by atoms with E-state index in [2.05, 4.69) is 20.0 Å². The van der Waals surface area contributed by atoms with E-state index in [-0.39, 0.29) is 11.4 Å². The fourth-order valence-corrected chi connectivity index (χ4v) is 5.08. The van der Waals surface area contributed by atoms with Crippen LogP contribution in [0.5, 0.6) is 5.75 Å². The summed E-state index contributed by atoms with van der Waals surface area (Å²) in [7, 11) is 0. The van der Waals surface area contributed by atoms with Crippen LogP contribution in [0, 0.1) is 0 Å². The van der Waals surface area contributed by atoms with Crippen molar-refractivity contribution in [2.45, 2.75) is 24.7 Å². The number of anilines is 2. The zero-order valence-electron chi connectivity index (χ0n) is 21.6. The number of ether oxygens (including phenoxy) is 2. The van der Waals surface area contributed by atoms with Gasteiger partial charge in [-0.3, -0.25) is 19.1 Å². The van der Waals surface area contributed by atoms with Crippen molar-refractivity contribution in [1.82, 2.24) is 19.4 Å². The average molecular weight is 567 g/mol. The maximum Gasteiger partial charge on any atom is 0.573 e. The third-order valence-corrected chi connectivity index (χ3v) is 7.36. The van der Waals surface area contributed by atoms with E-state index in [9.17, 15) is 22.8 Å². The molecule has 212 valence electrons. The minimum Gasteiger partial charge on any atom is -0.404 e. The molecule has 13 heteroatoms. The molecule has 0 bridgehead atoms. The number of nitrogens with one attached hydrogen (secondary N) is 1. The number of halogens is 3. The highest BCUT2D eigenvalue weighted by atomic mass is 19.4. The third-order valence-electron chi connectivity index (χ3n) is 7.36. The quantitative estimate of drug-likeness (QED) is 0.362. The zero-order chi connectivity index (χ0) is 28.8. The van der Waals surface area contributed by atoms with Crippen molar-refractivity contribution in [3.63, 3.8) is 0 Å². The van der Waals surface area contributed by atoms with Gasteiger partial charge in [0, 0.05) is 24.8 Å². The van der Waals surface area contributed by atoms with Gasteiger partial charge in [-0.05, 0) is 60.9 Å². The van der Waals surface area contributed by atoms with Crippen molar-refractivity contribution in [3.05, 3.63) is 71.4 Å². The molecular weight excluding hydrogens is 541 g/mol. The van der Waals surface area contributed by atoms with Gasteiger partial charge in [0.25, 0.3) is 5.56 Å². The summed E-state index contributed by atoms with van der Waals surface area (Å²) in [5.74, 6) is -0.640. The normalized spacial score (nSPS) is 16.9. The molecular formula is C28H25F3N6O4. The predicted molar refractivity (Wildman–Crippen MR) is 145 cm³/mol. The van der Waals surface area contributed by atoms with Crippen molar-refractivity contribution >= 4 is 28.3 Å². The molecule has 4 aromatic rings. The Morgan fingerprint density at radius 1 is 1.02 bits per heavy atom. The Morgan fingerprint density at radius 3 is 2.46 bits per heavy atom. The molecule has 1 aliphatic heterocycles. The maximum absolute atomic E-state index is 13.4. The Bertz CT molecular complexity index is 1680. The molecule has 0 spiro atoms. The first-order valence-electron chi connectivity index (χ1n) is 12.9. The van der Waals surface area contributed by atoms with Crippen LogP contribution in [0.1, 0.15) is 12.8 Å². The summed E-state index contributed by atoms with van der Waals surface area (Å²) in [4.78, 5) is 37.3. The number of pyridine rings is 1. The van der Waals surface area contributed by atoms with Gasteiger partial charge in [-0.1, -0.05) is 6.07 Å². The molecule has 6 rings (SSSR count). The van der Waals surface area contributed by atoms with Gasteiger partial charge in [0.1, 0.15) is 17.7 Å². The summed E-state index contributed by atoms with van der Waals surface area (Å²) < 4.78 is 50.4. The summed E-state index contributed by atoms with van der Waals surface area (Å²) in [5.41, 5.74) is 6.40. The molecule has 2 aromatic carbocycles. The number of amides is 1. The van der Waals surface area contributed by atoms with Gasteiger partial charge in [0.05, 0.1) is 35.5 Å². The predicted octanol–water partition coefficient (Wildman–Crippen LogP) is 3.73. The Kier molecular flexibility index (Phi) is 6.62. The molecule has 0 radical (unpaired) electrons. The lowest BCUT2D eigenvalue weighted by atomic mass is 10.1. The number of nitrogens with two attached hydrogens (primary N) is 1. The van der Waals surface area contributed by atoms with E-state index in [0.29, 0.717) is 55.9 Å². The number of alkyl halides is 3.